The lowest BCUT2D eigenvalue weighted by Crippen LogP contribution is -2.40. The number of pyridine rings is 2. The van der Waals surface area contributed by atoms with E-state index in [-0.39, 0.29) is 34.2 Å². The van der Waals surface area contributed by atoms with Crippen molar-refractivity contribution in [2.45, 2.75) is 102 Å². The Hall–Kier alpha value is -3.18. The first-order valence-electron chi connectivity index (χ1n) is 15.8. The van der Waals surface area contributed by atoms with E-state index < -0.39 is 45.4 Å². The van der Waals surface area contributed by atoms with E-state index in [2.05, 4.69) is 43.7 Å². The van der Waals surface area contributed by atoms with Crippen molar-refractivity contribution in [3.05, 3.63) is 66.1 Å². The zero-order chi connectivity index (χ0) is 36.6. The number of rotatable bonds is 12. The van der Waals surface area contributed by atoms with Crippen molar-refractivity contribution < 1.29 is 34.4 Å². The van der Waals surface area contributed by atoms with Crippen LogP contribution in [0, 0.1) is 0 Å². The number of nitrogens with one attached hydrogen (secondary N) is 1. The van der Waals surface area contributed by atoms with Crippen molar-refractivity contribution in [2.24, 2.45) is 0 Å². The number of nitrogens with zero attached hydrogens (tertiary/aromatic N) is 4. The van der Waals surface area contributed by atoms with Crippen molar-refractivity contribution in [3.8, 4) is 22.8 Å². The van der Waals surface area contributed by atoms with Crippen LogP contribution in [0.15, 0.2) is 54.7 Å². The van der Waals surface area contributed by atoms with E-state index >= 15 is 0 Å². The van der Waals surface area contributed by atoms with Crippen LogP contribution in [0.4, 0.5) is 13.2 Å². The van der Waals surface area contributed by atoms with Crippen LogP contribution < -0.4 is 8.91 Å². The number of aromatic nitrogens is 4. The molecule has 0 saturated carbocycles. The van der Waals surface area contributed by atoms with Crippen LogP contribution in [0.3, 0.4) is 0 Å². The molecule has 16 heteroatoms. The number of fused-ring (bicyclic) bond motifs is 1. The van der Waals surface area contributed by atoms with Gasteiger partial charge in [-0.15, -0.1) is 0 Å². The Kier molecular flexibility index (Phi) is 11.2. The standard InChI is InChI=1S/C33H44F3N5O5S2Si/c1-10-13-27(40-47(42)31(2,3)4)26-16-12-15-25(39-26)22-18-28-24(29(19-22)46-48(43,44)33(34,35)36)20-37-41(28)30-17-11-14-23(38-30)21-45-49(8,9)32(5,6)7/h11-12,14-20,27,40H,10,13,21H2,1-9H3/t27-,47-/m0/s1. The molecule has 0 radical (unpaired) electrons. The highest BCUT2D eigenvalue weighted by atomic mass is 32.2. The molecule has 10 nitrogen and oxygen atoms in total. The van der Waals surface area contributed by atoms with Gasteiger partial charge in [0.1, 0.15) is 0 Å². The van der Waals surface area contributed by atoms with Gasteiger partial charge in [0.25, 0.3) is 0 Å². The maximum atomic E-state index is 13.5. The summed E-state index contributed by atoms with van der Waals surface area (Å²) in [6.45, 7) is 18.4. The van der Waals surface area contributed by atoms with Gasteiger partial charge in [-0.05, 0) is 81.7 Å². The van der Waals surface area contributed by atoms with Gasteiger partial charge in [0.15, 0.2) is 19.9 Å². The molecule has 0 unspecified atom stereocenters. The molecule has 0 aliphatic heterocycles. The van der Waals surface area contributed by atoms with Crippen LogP contribution in [-0.2, 0) is 32.1 Å². The second-order valence-corrected chi connectivity index (χ2v) is 22.6. The topological polar surface area (TPSA) is 125 Å². The van der Waals surface area contributed by atoms with Gasteiger partial charge in [0.2, 0.25) is 0 Å². The monoisotopic (exact) mass is 739 g/mol. The molecule has 0 aliphatic rings. The van der Waals surface area contributed by atoms with Gasteiger partial charge in [-0.25, -0.2) is 18.6 Å². The highest BCUT2D eigenvalue weighted by molar-refractivity contribution is 7.88. The molecule has 1 aromatic carbocycles. The Labute approximate surface area is 289 Å². The maximum Gasteiger partial charge on any atom is 0.534 e. The molecule has 49 heavy (non-hydrogen) atoms. The molecule has 2 atom stereocenters. The third-order valence-electron chi connectivity index (χ3n) is 8.34. The summed E-state index contributed by atoms with van der Waals surface area (Å²) < 4.78 is 92.9. The molecular formula is C33H44F3N5O5S2Si. The van der Waals surface area contributed by atoms with Gasteiger partial charge in [0.05, 0.1) is 62.6 Å². The summed E-state index contributed by atoms with van der Waals surface area (Å²) in [4.78, 5) is 9.48. The molecular weight excluding hydrogens is 696 g/mol. The van der Waals surface area contributed by atoms with E-state index in [1.807, 2.05) is 27.7 Å². The summed E-state index contributed by atoms with van der Waals surface area (Å²) in [7, 11) is -9.53. The fourth-order valence-corrected chi connectivity index (χ4v) is 6.72. The highest BCUT2D eigenvalue weighted by Gasteiger charge is 2.49. The third-order valence-corrected chi connectivity index (χ3v) is 15.4. The molecule has 4 aromatic rings. The van der Waals surface area contributed by atoms with Crippen LogP contribution in [-0.4, -0.2) is 50.9 Å². The summed E-state index contributed by atoms with van der Waals surface area (Å²) >= 11 is 0. The fourth-order valence-electron chi connectivity index (χ4n) is 4.46. The Morgan fingerprint density at radius 3 is 2.29 bits per heavy atom. The molecule has 0 bridgehead atoms. The number of halogens is 3. The second-order valence-electron chi connectivity index (χ2n) is 14.3. The van der Waals surface area contributed by atoms with E-state index in [1.165, 1.54) is 16.9 Å². The van der Waals surface area contributed by atoms with Gasteiger partial charge >= 0.3 is 15.6 Å². The van der Waals surface area contributed by atoms with Gasteiger partial charge in [0, 0.05) is 5.56 Å². The van der Waals surface area contributed by atoms with E-state index in [4.69, 9.17) is 18.6 Å². The van der Waals surface area contributed by atoms with Crippen molar-refractivity contribution in [3.63, 3.8) is 0 Å². The molecule has 1 N–H and O–H groups in total. The first-order chi connectivity index (χ1) is 22.5. The van der Waals surface area contributed by atoms with E-state index in [1.54, 1.807) is 42.5 Å². The Bertz CT molecular complexity index is 1940. The molecule has 0 amide bonds. The minimum absolute atomic E-state index is 0.0172. The zero-order valence-electron chi connectivity index (χ0n) is 29.2. The quantitative estimate of drug-likeness (QED) is 0.0878. The van der Waals surface area contributed by atoms with Crippen LogP contribution in [0.25, 0.3) is 28.0 Å². The first-order valence-corrected chi connectivity index (χ1v) is 21.3. The van der Waals surface area contributed by atoms with Crippen LogP contribution >= 0.6 is 0 Å². The van der Waals surface area contributed by atoms with Crippen LogP contribution in [0.1, 0.15) is 78.7 Å². The van der Waals surface area contributed by atoms with Crippen molar-refractivity contribution in [2.75, 3.05) is 0 Å². The molecule has 4 rings (SSSR count). The minimum atomic E-state index is -6.02. The third kappa shape index (κ3) is 8.95. The lowest BCUT2D eigenvalue weighted by molar-refractivity contribution is -0.0499. The first kappa shape index (κ1) is 38.6. The predicted octanol–water partition coefficient (Wildman–Crippen LogP) is 8.13. The molecule has 268 valence electrons. The van der Waals surface area contributed by atoms with Crippen molar-refractivity contribution in [1.29, 1.82) is 0 Å². The van der Waals surface area contributed by atoms with Gasteiger partial charge in [-0.3, -0.25) is 4.98 Å². The highest BCUT2D eigenvalue weighted by Crippen LogP contribution is 2.38. The molecule has 0 aliphatic carbocycles. The van der Waals surface area contributed by atoms with Gasteiger partial charge in [-0.1, -0.05) is 46.2 Å². The Morgan fingerprint density at radius 1 is 1.00 bits per heavy atom. The second kappa shape index (κ2) is 14.2. The van der Waals surface area contributed by atoms with Crippen molar-refractivity contribution in [1.82, 2.24) is 24.5 Å². The van der Waals surface area contributed by atoms with E-state index in [9.17, 15) is 25.8 Å². The number of benzene rings is 1. The summed E-state index contributed by atoms with van der Waals surface area (Å²) in [6.07, 6.45) is 2.60. The van der Waals surface area contributed by atoms with Crippen LogP contribution in [0.2, 0.25) is 18.1 Å². The van der Waals surface area contributed by atoms with Gasteiger partial charge < -0.3 is 8.61 Å². The SMILES string of the molecule is CCC[C@H](N[S@@](=O)C(C)(C)C)c1cccc(-c2cc(OS(=O)(=O)C(F)(F)F)c3cnn(-c4cccc(CO[Si](C)(C)C(C)(C)C)n4)c3c2)n1. The normalized spacial score (nSPS) is 14.6. The van der Waals surface area contributed by atoms with Crippen molar-refractivity contribution >= 4 is 40.3 Å². The lowest BCUT2D eigenvalue weighted by atomic mass is 10.1. The molecule has 0 spiro atoms. The van der Waals surface area contributed by atoms with Crippen LogP contribution in [0.5, 0.6) is 5.75 Å². The largest absolute Gasteiger partial charge is 0.534 e. The number of hydrogen-bond donors (Lipinski definition) is 1. The summed E-state index contributed by atoms with van der Waals surface area (Å²) in [6, 6.07) is 12.8. The molecule has 3 aromatic heterocycles. The maximum absolute atomic E-state index is 13.5. The Balaban J connectivity index is 1.84. The summed E-state index contributed by atoms with van der Waals surface area (Å²) in [5.41, 5.74) is -3.64. The fraction of sp³-hybridized carbons (Fsp3) is 0.485. The summed E-state index contributed by atoms with van der Waals surface area (Å²) in [5, 5.41) is 4.37. The predicted molar refractivity (Wildman–Crippen MR) is 188 cm³/mol. The van der Waals surface area contributed by atoms with Gasteiger partial charge in [-0.2, -0.15) is 26.7 Å². The average Bonchev–Trinajstić information content (AvgIpc) is 3.43. The van der Waals surface area contributed by atoms with E-state index in [0.29, 0.717) is 29.3 Å². The molecule has 0 fully saturated rings. The lowest BCUT2D eigenvalue weighted by Gasteiger charge is -2.36. The number of alkyl halides is 3. The summed E-state index contributed by atoms with van der Waals surface area (Å²) in [5.74, 6) is -0.232. The minimum Gasteiger partial charge on any atom is -0.411 e. The van der Waals surface area contributed by atoms with E-state index in [0.717, 1.165) is 6.42 Å². The Morgan fingerprint density at radius 2 is 1.67 bits per heavy atom. The zero-order valence-corrected chi connectivity index (χ0v) is 31.8. The molecule has 0 saturated heterocycles. The average molecular weight is 740 g/mol. The molecule has 3 heterocycles. The smallest absolute Gasteiger partial charge is 0.411 e. The number of hydrogen-bond acceptors (Lipinski definition) is 8.